The lowest BCUT2D eigenvalue weighted by Gasteiger charge is -2.12. The molecule has 0 saturated carbocycles. The number of carbonyl (C=O) groups excluding carboxylic acids is 3. The molecule has 0 unspecified atom stereocenters. The van der Waals surface area contributed by atoms with Gasteiger partial charge in [0.25, 0.3) is 0 Å². The van der Waals surface area contributed by atoms with Crippen molar-refractivity contribution in [3.63, 3.8) is 0 Å². The van der Waals surface area contributed by atoms with Crippen LogP contribution in [-0.2, 0) is 9.59 Å². The van der Waals surface area contributed by atoms with Gasteiger partial charge in [0.15, 0.2) is 11.5 Å². The number of hydrazone groups is 1. The van der Waals surface area contributed by atoms with Crippen molar-refractivity contribution in [3.8, 4) is 23.0 Å². The summed E-state index contributed by atoms with van der Waals surface area (Å²) in [6.45, 7) is 4.73. The maximum atomic E-state index is 12.6. The molecule has 0 fully saturated rings. The van der Waals surface area contributed by atoms with Gasteiger partial charge in [-0.1, -0.05) is 19.1 Å². The van der Waals surface area contributed by atoms with Gasteiger partial charge < -0.3 is 24.3 Å². The van der Waals surface area contributed by atoms with Crippen LogP contribution in [0.1, 0.15) is 36.2 Å². The Kier molecular flexibility index (Phi) is 10.2. The van der Waals surface area contributed by atoms with Crippen LogP contribution in [0.2, 0.25) is 0 Å². The number of esters is 1. The Balaban J connectivity index is 1.62. The Bertz CT molecular complexity index is 1290. The molecule has 38 heavy (non-hydrogen) atoms. The van der Waals surface area contributed by atoms with Gasteiger partial charge in [-0.2, -0.15) is 5.10 Å². The molecule has 0 aliphatic rings. The van der Waals surface area contributed by atoms with Crippen LogP contribution < -0.4 is 29.7 Å². The highest BCUT2D eigenvalue weighted by Gasteiger charge is 2.16. The number of hydrogen-bond acceptors (Lipinski definition) is 8. The Morgan fingerprint density at radius 1 is 0.868 bits per heavy atom. The molecule has 3 rings (SSSR count). The average molecular weight is 520 g/mol. The normalized spacial score (nSPS) is 10.5. The first-order chi connectivity index (χ1) is 18.4. The van der Waals surface area contributed by atoms with Gasteiger partial charge in [-0.3, -0.25) is 9.59 Å². The third-order valence-electron chi connectivity index (χ3n) is 4.97. The lowest BCUT2D eigenvalue weighted by atomic mass is 10.2. The van der Waals surface area contributed by atoms with Gasteiger partial charge in [0.05, 0.1) is 37.8 Å². The number of benzene rings is 3. The molecule has 0 bridgehead atoms. The number of anilines is 1. The molecular formula is C28H29N3O7. The van der Waals surface area contributed by atoms with Gasteiger partial charge in [-0.05, 0) is 73.5 Å². The van der Waals surface area contributed by atoms with Crippen LogP contribution >= 0.6 is 0 Å². The maximum Gasteiger partial charge on any atom is 0.343 e. The zero-order valence-electron chi connectivity index (χ0n) is 21.4. The third kappa shape index (κ3) is 7.82. The van der Waals surface area contributed by atoms with Gasteiger partial charge in [-0.15, -0.1) is 0 Å². The van der Waals surface area contributed by atoms with Crippen LogP contribution in [0.25, 0.3) is 0 Å². The summed E-state index contributed by atoms with van der Waals surface area (Å²) in [5, 5.41) is 6.29. The van der Waals surface area contributed by atoms with E-state index in [9.17, 15) is 14.4 Å². The highest BCUT2D eigenvalue weighted by atomic mass is 16.6. The molecular weight excluding hydrogens is 490 g/mol. The third-order valence-corrected chi connectivity index (χ3v) is 4.97. The van der Waals surface area contributed by atoms with Crippen molar-refractivity contribution < 1.29 is 33.3 Å². The summed E-state index contributed by atoms with van der Waals surface area (Å²) in [4.78, 5) is 36.9. The van der Waals surface area contributed by atoms with Crippen molar-refractivity contribution in [2.24, 2.45) is 5.10 Å². The molecule has 0 atom stereocenters. The number of ether oxygens (including phenoxy) is 4. The molecule has 10 nitrogen and oxygen atoms in total. The highest BCUT2D eigenvalue weighted by molar-refractivity contribution is 6.39. The number of hydrogen-bond donors (Lipinski definition) is 2. The molecule has 3 aromatic carbocycles. The minimum absolute atomic E-state index is 0.223. The smallest absolute Gasteiger partial charge is 0.343 e. The monoisotopic (exact) mass is 519 g/mol. The van der Waals surface area contributed by atoms with Crippen molar-refractivity contribution in [3.05, 3.63) is 77.9 Å². The van der Waals surface area contributed by atoms with Crippen molar-refractivity contribution in [1.82, 2.24) is 5.43 Å². The fraction of sp³-hybridized carbons (Fsp3) is 0.214. The van der Waals surface area contributed by atoms with Crippen LogP contribution in [0.5, 0.6) is 23.0 Å². The van der Waals surface area contributed by atoms with Crippen molar-refractivity contribution in [1.29, 1.82) is 0 Å². The molecule has 0 saturated heterocycles. The van der Waals surface area contributed by atoms with Crippen LogP contribution in [0.15, 0.2) is 71.8 Å². The van der Waals surface area contributed by atoms with Crippen LogP contribution in [0, 0.1) is 0 Å². The predicted octanol–water partition coefficient (Wildman–Crippen LogP) is 4.19. The molecule has 0 heterocycles. The summed E-state index contributed by atoms with van der Waals surface area (Å²) in [6.07, 6.45) is 2.22. The maximum absolute atomic E-state index is 12.6. The fourth-order valence-electron chi connectivity index (χ4n) is 3.17. The first-order valence-electron chi connectivity index (χ1n) is 11.9. The zero-order chi connectivity index (χ0) is 27.3. The Morgan fingerprint density at radius 2 is 1.63 bits per heavy atom. The van der Waals surface area contributed by atoms with Gasteiger partial charge in [0, 0.05) is 0 Å². The van der Waals surface area contributed by atoms with Crippen molar-refractivity contribution >= 4 is 29.7 Å². The summed E-state index contributed by atoms with van der Waals surface area (Å²) in [7, 11) is 1.46. The minimum Gasteiger partial charge on any atom is -0.495 e. The summed E-state index contributed by atoms with van der Waals surface area (Å²) >= 11 is 0. The van der Waals surface area contributed by atoms with Crippen LogP contribution in [-0.4, -0.2) is 44.3 Å². The number of amides is 2. The Labute approximate surface area is 220 Å². The van der Waals surface area contributed by atoms with E-state index >= 15 is 0 Å². The van der Waals surface area contributed by atoms with Crippen LogP contribution in [0.3, 0.4) is 0 Å². The highest BCUT2D eigenvalue weighted by Crippen LogP contribution is 2.29. The van der Waals surface area contributed by atoms with E-state index in [2.05, 4.69) is 15.8 Å². The summed E-state index contributed by atoms with van der Waals surface area (Å²) < 4.78 is 21.8. The Hall–Kier alpha value is -4.86. The van der Waals surface area contributed by atoms with E-state index < -0.39 is 17.8 Å². The van der Waals surface area contributed by atoms with E-state index in [0.29, 0.717) is 47.3 Å². The minimum atomic E-state index is -0.964. The summed E-state index contributed by atoms with van der Waals surface area (Å²) in [6, 6.07) is 18.1. The first-order valence-corrected chi connectivity index (χ1v) is 11.9. The molecule has 3 aromatic rings. The summed E-state index contributed by atoms with van der Waals surface area (Å²) in [5.74, 6) is -0.801. The SMILES string of the molecule is CCCOc1ccc(C(=O)Oc2ccc(/C=N/NC(=O)C(=O)Nc3ccccc3OC)cc2OCC)cc1. The molecule has 198 valence electrons. The Morgan fingerprint density at radius 3 is 2.34 bits per heavy atom. The lowest BCUT2D eigenvalue weighted by Crippen LogP contribution is -2.32. The molecule has 10 heteroatoms. The molecule has 2 N–H and O–H groups in total. The molecule has 0 radical (unpaired) electrons. The van der Waals surface area contributed by atoms with E-state index in [1.807, 2.05) is 6.92 Å². The van der Waals surface area contributed by atoms with Crippen LogP contribution in [0.4, 0.5) is 5.69 Å². The predicted molar refractivity (Wildman–Crippen MR) is 142 cm³/mol. The molecule has 0 aliphatic heterocycles. The number of para-hydroxylation sites is 2. The van der Waals surface area contributed by atoms with Crippen molar-refractivity contribution in [2.75, 3.05) is 25.6 Å². The van der Waals surface area contributed by atoms with Gasteiger partial charge in [-0.25, -0.2) is 10.2 Å². The number of nitrogens with one attached hydrogen (secondary N) is 2. The van der Waals surface area contributed by atoms with Crippen molar-refractivity contribution in [2.45, 2.75) is 20.3 Å². The summed E-state index contributed by atoms with van der Waals surface area (Å²) in [5.41, 5.74) is 3.42. The van der Waals surface area contributed by atoms with Gasteiger partial charge in [0.1, 0.15) is 11.5 Å². The zero-order valence-corrected chi connectivity index (χ0v) is 21.4. The van der Waals surface area contributed by atoms with Gasteiger partial charge >= 0.3 is 17.8 Å². The number of nitrogens with zero attached hydrogens (tertiary/aromatic N) is 1. The molecule has 0 aromatic heterocycles. The standard InChI is InChI=1S/C28H29N3O7/c1-4-16-37-21-13-11-20(12-14-21)28(34)38-24-15-10-19(17-25(24)36-5-2)18-29-31-27(33)26(32)30-22-8-6-7-9-23(22)35-3/h6-15,17-18H,4-5,16H2,1-3H3,(H,30,32)(H,31,33)/b29-18+. The fourth-order valence-corrected chi connectivity index (χ4v) is 3.17. The van der Waals surface area contributed by atoms with E-state index in [1.165, 1.54) is 13.3 Å². The van der Waals surface area contributed by atoms with E-state index in [4.69, 9.17) is 18.9 Å². The molecule has 0 aliphatic carbocycles. The number of rotatable bonds is 11. The second kappa shape index (κ2) is 14.0. The number of methoxy groups -OCH3 is 1. The quantitative estimate of drug-likeness (QED) is 0.128. The van der Waals surface area contributed by atoms with E-state index in [0.717, 1.165) is 6.42 Å². The average Bonchev–Trinajstić information content (AvgIpc) is 2.93. The van der Waals surface area contributed by atoms with Gasteiger partial charge in [0.2, 0.25) is 0 Å². The molecule has 0 spiro atoms. The topological polar surface area (TPSA) is 125 Å². The second-order valence-corrected chi connectivity index (χ2v) is 7.76. The molecule has 2 amide bonds. The lowest BCUT2D eigenvalue weighted by molar-refractivity contribution is -0.136. The number of carbonyl (C=O) groups is 3. The van der Waals surface area contributed by atoms with E-state index in [-0.39, 0.29) is 5.75 Å². The largest absolute Gasteiger partial charge is 0.495 e. The first kappa shape index (κ1) is 27.7. The second-order valence-electron chi connectivity index (χ2n) is 7.76. The van der Waals surface area contributed by atoms with E-state index in [1.54, 1.807) is 73.7 Å².